The van der Waals surface area contributed by atoms with E-state index in [0.29, 0.717) is 13.0 Å². The van der Waals surface area contributed by atoms with Gasteiger partial charge in [-0.25, -0.2) is 0 Å². The molecule has 0 radical (unpaired) electrons. The molecule has 2 unspecified atom stereocenters. The van der Waals surface area contributed by atoms with Crippen molar-refractivity contribution >= 4 is 5.97 Å². The summed E-state index contributed by atoms with van der Waals surface area (Å²) in [4.78, 5) is 10.4. The molecule has 0 heterocycles. The molecule has 0 bridgehead atoms. The van der Waals surface area contributed by atoms with Crippen LogP contribution in [0.3, 0.4) is 0 Å². The molecule has 0 fully saturated rings. The standard InChI is InChI=1S/C11H17NO.C9H11NO2/c1-8-5-4-6-9(2)11(8)13-7-10(3)12;10-8(9(11)12)6-7-4-2-1-3-5-7/h4-6,10H,7,12H2,1-3H3;1-5,8H,6,10H2,(H,11,12). The van der Waals surface area contributed by atoms with Crippen molar-refractivity contribution in [2.75, 3.05) is 6.61 Å². The number of carbonyl (C=O) groups is 1. The molecular weight excluding hydrogens is 316 g/mol. The molecule has 0 amide bonds. The van der Waals surface area contributed by atoms with Crippen LogP contribution in [0.2, 0.25) is 0 Å². The first kappa shape index (κ1) is 20.7. The number of carboxylic acids is 1. The van der Waals surface area contributed by atoms with Crippen molar-refractivity contribution in [3.05, 3.63) is 65.2 Å². The molecule has 2 atom stereocenters. The summed E-state index contributed by atoms with van der Waals surface area (Å²) >= 11 is 0. The van der Waals surface area contributed by atoms with Crippen LogP contribution < -0.4 is 16.2 Å². The molecular formula is C20H28N2O3. The largest absolute Gasteiger partial charge is 0.491 e. The Hall–Kier alpha value is -2.37. The monoisotopic (exact) mass is 344 g/mol. The lowest BCUT2D eigenvalue weighted by atomic mass is 10.1. The van der Waals surface area contributed by atoms with Gasteiger partial charge < -0.3 is 21.3 Å². The lowest BCUT2D eigenvalue weighted by Crippen LogP contribution is -2.32. The van der Waals surface area contributed by atoms with Crippen molar-refractivity contribution in [3.63, 3.8) is 0 Å². The molecule has 2 aromatic rings. The van der Waals surface area contributed by atoms with Gasteiger partial charge in [-0.2, -0.15) is 0 Å². The number of rotatable bonds is 6. The first-order valence-electron chi connectivity index (χ1n) is 8.28. The summed E-state index contributed by atoms with van der Waals surface area (Å²) in [6, 6.07) is 14.7. The minimum absolute atomic E-state index is 0.0824. The lowest BCUT2D eigenvalue weighted by Gasteiger charge is -2.13. The van der Waals surface area contributed by atoms with E-state index >= 15 is 0 Å². The fourth-order valence-electron chi connectivity index (χ4n) is 2.20. The summed E-state index contributed by atoms with van der Waals surface area (Å²) in [7, 11) is 0. The fraction of sp³-hybridized carbons (Fsp3) is 0.350. The Morgan fingerprint density at radius 2 is 1.60 bits per heavy atom. The average molecular weight is 344 g/mol. The van der Waals surface area contributed by atoms with Crippen LogP contribution in [0.4, 0.5) is 0 Å². The Bertz CT molecular complexity index is 637. The van der Waals surface area contributed by atoms with Crippen molar-refractivity contribution in [2.45, 2.75) is 39.3 Å². The predicted octanol–water partition coefficient (Wildman–Crippen LogP) is 2.67. The highest BCUT2D eigenvalue weighted by molar-refractivity contribution is 5.73. The third kappa shape index (κ3) is 7.83. The Morgan fingerprint density at radius 3 is 2.08 bits per heavy atom. The number of benzene rings is 2. The van der Waals surface area contributed by atoms with Crippen LogP contribution in [0.25, 0.3) is 0 Å². The van der Waals surface area contributed by atoms with Gasteiger partial charge in [-0.05, 0) is 43.9 Å². The van der Waals surface area contributed by atoms with Gasteiger partial charge >= 0.3 is 5.97 Å². The summed E-state index contributed by atoms with van der Waals surface area (Å²) in [5.74, 6) is 0.0126. The zero-order chi connectivity index (χ0) is 18.8. The van der Waals surface area contributed by atoms with Crippen LogP contribution in [0, 0.1) is 13.8 Å². The van der Waals surface area contributed by atoms with Gasteiger partial charge in [0, 0.05) is 6.04 Å². The minimum atomic E-state index is -0.959. The van der Waals surface area contributed by atoms with Crippen LogP contribution in [0.5, 0.6) is 5.75 Å². The molecule has 0 aliphatic carbocycles. The molecule has 0 aliphatic heterocycles. The Kier molecular flexibility index (Phi) is 8.67. The Labute approximate surface area is 149 Å². The second-order valence-corrected chi connectivity index (χ2v) is 6.14. The van der Waals surface area contributed by atoms with Crippen molar-refractivity contribution in [1.29, 1.82) is 0 Å². The van der Waals surface area contributed by atoms with E-state index in [1.54, 1.807) is 0 Å². The third-order valence-electron chi connectivity index (χ3n) is 3.51. The van der Waals surface area contributed by atoms with Crippen LogP contribution >= 0.6 is 0 Å². The van der Waals surface area contributed by atoms with E-state index < -0.39 is 12.0 Å². The first-order chi connectivity index (χ1) is 11.8. The molecule has 0 aliphatic rings. The fourth-order valence-corrected chi connectivity index (χ4v) is 2.20. The number of aliphatic carboxylic acids is 1. The van der Waals surface area contributed by atoms with Crippen LogP contribution in [-0.4, -0.2) is 29.8 Å². The zero-order valence-corrected chi connectivity index (χ0v) is 15.1. The van der Waals surface area contributed by atoms with Crippen molar-refractivity contribution < 1.29 is 14.6 Å². The maximum Gasteiger partial charge on any atom is 0.320 e. The van der Waals surface area contributed by atoms with Crippen molar-refractivity contribution in [3.8, 4) is 5.75 Å². The summed E-state index contributed by atoms with van der Waals surface area (Å²) in [6.07, 6.45) is 0.385. The molecule has 5 N–H and O–H groups in total. The number of ether oxygens (including phenoxy) is 1. The molecule has 0 saturated carbocycles. The lowest BCUT2D eigenvalue weighted by molar-refractivity contribution is -0.138. The SMILES string of the molecule is Cc1cccc(C)c1OCC(C)N.NC(Cc1ccccc1)C(=O)O. The summed E-state index contributed by atoms with van der Waals surface area (Å²) < 4.78 is 5.60. The van der Waals surface area contributed by atoms with Gasteiger partial charge in [-0.3, -0.25) is 4.79 Å². The second-order valence-electron chi connectivity index (χ2n) is 6.14. The number of nitrogens with two attached hydrogens (primary N) is 2. The molecule has 2 rings (SSSR count). The Morgan fingerprint density at radius 1 is 1.04 bits per heavy atom. The molecule has 0 spiro atoms. The third-order valence-corrected chi connectivity index (χ3v) is 3.51. The van der Waals surface area contributed by atoms with Gasteiger partial charge in [0.25, 0.3) is 0 Å². The maximum absolute atomic E-state index is 10.4. The average Bonchev–Trinajstić information content (AvgIpc) is 2.55. The topological polar surface area (TPSA) is 98.6 Å². The van der Waals surface area contributed by atoms with E-state index in [2.05, 4.69) is 0 Å². The molecule has 5 heteroatoms. The smallest absolute Gasteiger partial charge is 0.320 e. The van der Waals surface area contributed by atoms with E-state index in [1.165, 1.54) is 11.1 Å². The van der Waals surface area contributed by atoms with E-state index in [9.17, 15) is 4.79 Å². The first-order valence-corrected chi connectivity index (χ1v) is 8.28. The number of aryl methyl sites for hydroxylation is 2. The normalized spacial score (nSPS) is 12.5. The highest BCUT2D eigenvalue weighted by Gasteiger charge is 2.11. The molecule has 25 heavy (non-hydrogen) atoms. The van der Waals surface area contributed by atoms with E-state index in [4.69, 9.17) is 21.3 Å². The highest BCUT2D eigenvalue weighted by Crippen LogP contribution is 2.22. The second kappa shape index (κ2) is 10.5. The number of hydrogen-bond donors (Lipinski definition) is 3. The summed E-state index contributed by atoms with van der Waals surface area (Å²) in [5, 5.41) is 8.52. The van der Waals surface area contributed by atoms with E-state index in [0.717, 1.165) is 11.3 Å². The van der Waals surface area contributed by atoms with Gasteiger partial charge in [0.1, 0.15) is 18.4 Å². The van der Waals surface area contributed by atoms with Gasteiger partial charge in [0.05, 0.1) is 0 Å². The number of hydrogen-bond acceptors (Lipinski definition) is 4. The van der Waals surface area contributed by atoms with Crippen molar-refractivity contribution in [2.24, 2.45) is 11.5 Å². The Balaban J connectivity index is 0.000000251. The molecule has 5 nitrogen and oxygen atoms in total. The number of para-hydroxylation sites is 1. The molecule has 136 valence electrons. The van der Waals surface area contributed by atoms with E-state index in [-0.39, 0.29) is 6.04 Å². The zero-order valence-electron chi connectivity index (χ0n) is 15.1. The molecule has 2 aromatic carbocycles. The van der Waals surface area contributed by atoms with Crippen LogP contribution in [0.15, 0.2) is 48.5 Å². The minimum Gasteiger partial charge on any atom is -0.491 e. The van der Waals surface area contributed by atoms with Crippen LogP contribution in [-0.2, 0) is 11.2 Å². The highest BCUT2D eigenvalue weighted by atomic mass is 16.5. The summed E-state index contributed by atoms with van der Waals surface area (Å²) in [5.41, 5.74) is 14.3. The maximum atomic E-state index is 10.4. The van der Waals surface area contributed by atoms with E-state index in [1.807, 2.05) is 69.3 Å². The number of carboxylic acid groups (broad SMARTS) is 1. The van der Waals surface area contributed by atoms with Gasteiger partial charge in [-0.1, -0.05) is 48.5 Å². The molecule has 0 aromatic heterocycles. The van der Waals surface area contributed by atoms with Crippen LogP contribution in [0.1, 0.15) is 23.6 Å². The van der Waals surface area contributed by atoms with Gasteiger partial charge in [0.15, 0.2) is 0 Å². The molecule has 0 saturated heterocycles. The quantitative estimate of drug-likeness (QED) is 0.748. The van der Waals surface area contributed by atoms with Gasteiger partial charge in [0.2, 0.25) is 0 Å². The summed E-state index contributed by atoms with van der Waals surface area (Å²) in [6.45, 7) is 6.60. The van der Waals surface area contributed by atoms with Gasteiger partial charge in [-0.15, -0.1) is 0 Å². The predicted molar refractivity (Wildman–Crippen MR) is 101 cm³/mol. The van der Waals surface area contributed by atoms with Crippen molar-refractivity contribution in [1.82, 2.24) is 0 Å².